The highest BCUT2D eigenvalue weighted by atomic mass is 16.4. The summed E-state index contributed by atoms with van der Waals surface area (Å²) >= 11 is 0. The molecule has 3 unspecified atom stereocenters. The molecule has 1 aliphatic heterocycles. The lowest BCUT2D eigenvalue weighted by molar-refractivity contribution is -0.142. The van der Waals surface area contributed by atoms with E-state index in [0.29, 0.717) is 17.9 Å². The molecule has 0 spiro atoms. The van der Waals surface area contributed by atoms with Crippen LogP contribution < -0.4 is 0 Å². The summed E-state index contributed by atoms with van der Waals surface area (Å²) < 4.78 is 0. The second-order valence-corrected chi connectivity index (χ2v) is 4.67. The Balaban J connectivity index is 2.04. The van der Waals surface area contributed by atoms with Crippen molar-refractivity contribution in [2.45, 2.75) is 38.8 Å². The van der Waals surface area contributed by atoms with Gasteiger partial charge in [0.2, 0.25) is 0 Å². The summed E-state index contributed by atoms with van der Waals surface area (Å²) in [6, 6.07) is 0.357. The molecule has 0 amide bonds. The van der Waals surface area contributed by atoms with E-state index in [4.69, 9.17) is 5.11 Å². The van der Waals surface area contributed by atoms with Crippen LogP contribution in [0.5, 0.6) is 0 Å². The van der Waals surface area contributed by atoms with Gasteiger partial charge in [0.15, 0.2) is 0 Å². The highest BCUT2D eigenvalue weighted by Crippen LogP contribution is 2.40. The molecular formula is C10H17NO2. The van der Waals surface area contributed by atoms with Gasteiger partial charge in [-0.2, -0.15) is 0 Å². The average Bonchev–Trinajstić information content (AvgIpc) is 2.60. The molecule has 13 heavy (non-hydrogen) atoms. The van der Waals surface area contributed by atoms with Crippen LogP contribution in [0.1, 0.15) is 26.7 Å². The van der Waals surface area contributed by atoms with Crippen LogP contribution in [0.4, 0.5) is 0 Å². The first-order valence-corrected chi connectivity index (χ1v) is 5.08. The number of carboxylic acid groups (broad SMARTS) is 1. The maximum Gasteiger partial charge on any atom is 0.320 e. The minimum absolute atomic E-state index is 0.204. The molecule has 1 N–H and O–H groups in total. The highest BCUT2D eigenvalue weighted by Gasteiger charge is 2.46. The van der Waals surface area contributed by atoms with Crippen molar-refractivity contribution in [1.29, 1.82) is 0 Å². The number of likely N-dealkylation sites (tertiary alicyclic amines) is 1. The Kier molecular flexibility index (Phi) is 2.06. The first-order chi connectivity index (χ1) is 6.09. The van der Waals surface area contributed by atoms with Crippen molar-refractivity contribution in [2.24, 2.45) is 11.8 Å². The van der Waals surface area contributed by atoms with Gasteiger partial charge in [-0.05, 0) is 24.7 Å². The van der Waals surface area contributed by atoms with Crippen LogP contribution in [0, 0.1) is 11.8 Å². The molecule has 0 bridgehead atoms. The van der Waals surface area contributed by atoms with Gasteiger partial charge in [0.1, 0.15) is 6.04 Å². The molecule has 0 aromatic rings. The highest BCUT2D eigenvalue weighted by molar-refractivity contribution is 5.74. The zero-order chi connectivity index (χ0) is 9.59. The van der Waals surface area contributed by atoms with Gasteiger partial charge in [-0.3, -0.25) is 9.69 Å². The zero-order valence-electron chi connectivity index (χ0n) is 8.23. The van der Waals surface area contributed by atoms with Crippen LogP contribution in [0.3, 0.4) is 0 Å². The predicted octanol–water partition coefficient (Wildman–Crippen LogP) is 1.19. The van der Waals surface area contributed by atoms with E-state index < -0.39 is 5.97 Å². The van der Waals surface area contributed by atoms with E-state index in [1.165, 1.54) is 6.42 Å². The normalized spacial score (nSPS) is 45.1. The fourth-order valence-electron chi connectivity index (χ4n) is 2.45. The minimum Gasteiger partial charge on any atom is -0.480 e. The molecule has 2 rings (SSSR count). The molecule has 0 aromatic heterocycles. The van der Waals surface area contributed by atoms with Crippen molar-refractivity contribution in [3.8, 4) is 0 Å². The summed E-state index contributed by atoms with van der Waals surface area (Å²) in [5.74, 6) is 0.629. The number of aliphatic carboxylic acids is 1. The Bertz CT molecular complexity index is 229. The monoisotopic (exact) mass is 183 g/mol. The van der Waals surface area contributed by atoms with E-state index in [1.54, 1.807) is 0 Å². The maximum atomic E-state index is 11.0. The van der Waals surface area contributed by atoms with Crippen molar-refractivity contribution in [3.63, 3.8) is 0 Å². The van der Waals surface area contributed by atoms with E-state index in [-0.39, 0.29) is 6.04 Å². The molecule has 0 radical (unpaired) electrons. The van der Waals surface area contributed by atoms with Crippen LogP contribution in [0.2, 0.25) is 0 Å². The Hall–Kier alpha value is -0.570. The Labute approximate surface area is 78.7 Å². The summed E-state index contributed by atoms with van der Waals surface area (Å²) in [6.45, 7) is 5.32. The summed E-state index contributed by atoms with van der Waals surface area (Å²) in [6.07, 6.45) is 2.02. The van der Waals surface area contributed by atoms with Crippen molar-refractivity contribution < 1.29 is 9.90 Å². The summed E-state index contributed by atoms with van der Waals surface area (Å²) in [5, 5.41) is 9.02. The van der Waals surface area contributed by atoms with Gasteiger partial charge < -0.3 is 5.11 Å². The maximum absolute atomic E-state index is 11.0. The van der Waals surface area contributed by atoms with Crippen molar-refractivity contribution in [1.82, 2.24) is 4.90 Å². The molecule has 1 aliphatic carbocycles. The Morgan fingerprint density at radius 2 is 2.00 bits per heavy atom. The third-order valence-electron chi connectivity index (χ3n) is 3.33. The first-order valence-electron chi connectivity index (χ1n) is 5.08. The fraction of sp³-hybridized carbons (Fsp3) is 0.900. The number of carboxylic acids is 1. The molecule has 1 saturated carbocycles. The van der Waals surface area contributed by atoms with Gasteiger partial charge in [0.25, 0.3) is 0 Å². The molecule has 1 saturated heterocycles. The van der Waals surface area contributed by atoms with Crippen LogP contribution in [-0.2, 0) is 4.79 Å². The van der Waals surface area contributed by atoms with Crippen molar-refractivity contribution in [3.05, 3.63) is 0 Å². The third kappa shape index (κ3) is 1.57. The lowest BCUT2D eigenvalue weighted by Crippen LogP contribution is -2.38. The van der Waals surface area contributed by atoms with E-state index in [1.807, 2.05) is 0 Å². The van der Waals surface area contributed by atoms with Gasteiger partial charge in [-0.15, -0.1) is 0 Å². The van der Waals surface area contributed by atoms with Crippen LogP contribution in [-0.4, -0.2) is 34.6 Å². The number of carbonyl (C=O) groups is 1. The molecule has 1 heterocycles. The van der Waals surface area contributed by atoms with Crippen molar-refractivity contribution in [2.75, 3.05) is 6.54 Å². The van der Waals surface area contributed by atoms with Gasteiger partial charge in [-0.1, -0.05) is 13.8 Å². The van der Waals surface area contributed by atoms with Crippen LogP contribution >= 0.6 is 0 Å². The fourth-order valence-corrected chi connectivity index (χ4v) is 2.45. The average molecular weight is 183 g/mol. The quantitative estimate of drug-likeness (QED) is 0.699. The summed E-state index contributed by atoms with van der Waals surface area (Å²) in [5.41, 5.74) is 0. The second kappa shape index (κ2) is 2.98. The molecule has 2 aliphatic rings. The van der Waals surface area contributed by atoms with Crippen LogP contribution in [0.25, 0.3) is 0 Å². The topological polar surface area (TPSA) is 40.5 Å². The summed E-state index contributed by atoms with van der Waals surface area (Å²) in [4.78, 5) is 13.1. The number of rotatable bonds is 2. The van der Waals surface area contributed by atoms with Gasteiger partial charge in [-0.25, -0.2) is 0 Å². The minimum atomic E-state index is -0.636. The number of hydrogen-bond donors (Lipinski definition) is 1. The Morgan fingerprint density at radius 1 is 1.38 bits per heavy atom. The summed E-state index contributed by atoms with van der Waals surface area (Å²) in [7, 11) is 0. The van der Waals surface area contributed by atoms with Gasteiger partial charge in [0, 0.05) is 12.6 Å². The largest absolute Gasteiger partial charge is 0.480 e. The standard InChI is InChI=1S/C10H17NO2/c1-6-3-9(10(12)13)11(5-6)8-4-7(8)2/h6-9H,3-5H2,1-2H3,(H,12,13)/t6?,7?,8?,9-/m0/s1. The van der Waals surface area contributed by atoms with Gasteiger partial charge >= 0.3 is 5.97 Å². The number of nitrogens with zero attached hydrogens (tertiary/aromatic N) is 1. The first kappa shape index (κ1) is 9.00. The second-order valence-electron chi connectivity index (χ2n) is 4.67. The molecule has 2 fully saturated rings. The zero-order valence-corrected chi connectivity index (χ0v) is 8.23. The van der Waals surface area contributed by atoms with E-state index in [9.17, 15) is 4.79 Å². The lowest BCUT2D eigenvalue weighted by atomic mass is 10.1. The molecule has 0 aromatic carbocycles. The molecule has 3 nitrogen and oxygen atoms in total. The van der Waals surface area contributed by atoms with E-state index in [0.717, 1.165) is 13.0 Å². The van der Waals surface area contributed by atoms with E-state index in [2.05, 4.69) is 18.7 Å². The number of hydrogen-bond acceptors (Lipinski definition) is 2. The Morgan fingerprint density at radius 3 is 2.46 bits per heavy atom. The van der Waals surface area contributed by atoms with Gasteiger partial charge in [0.05, 0.1) is 0 Å². The van der Waals surface area contributed by atoms with Crippen LogP contribution in [0.15, 0.2) is 0 Å². The molecule has 3 heteroatoms. The lowest BCUT2D eigenvalue weighted by Gasteiger charge is -2.20. The van der Waals surface area contributed by atoms with Crippen molar-refractivity contribution >= 4 is 5.97 Å². The SMILES string of the molecule is CC1C[C@@H](C(=O)O)N(C2CC2C)C1. The smallest absolute Gasteiger partial charge is 0.320 e. The molecule has 4 atom stereocenters. The molecule has 74 valence electrons. The predicted molar refractivity (Wildman–Crippen MR) is 49.5 cm³/mol. The molecular weight excluding hydrogens is 166 g/mol. The van der Waals surface area contributed by atoms with E-state index >= 15 is 0 Å². The third-order valence-corrected chi connectivity index (χ3v) is 3.33.